The molecule has 164 valence electrons. The normalized spacial score (nSPS) is 11.6. The van der Waals surface area contributed by atoms with Crippen molar-refractivity contribution < 1.29 is 19.1 Å². The molecule has 0 heterocycles. The third-order valence-corrected chi connectivity index (χ3v) is 4.53. The van der Waals surface area contributed by atoms with Gasteiger partial charge in [-0.1, -0.05) is 24.6 Å². The minimum absolute atomic E-state index is 0.0913. The summed E-state index contributed by atoms with van der Waals surface area (Å²) in [5.74, 6) is -1.39. The van der Waals surface area contributed by atoms with Crippen molar-refractivity contribution in [2.24, 2.45) is 5.10 Å². The zero-order valence-electron chi connectivity index (χ0n) is 17.6. The SMILES string of the molecule is CC[C@@H](C)NC(=O)C(=O)N/N=C\c1ccc(OCC(=O)Nc2cc(Cl)ccc2C)cc1. The number of carbonyl (C=O) groups is 3. The molecule has 2 aromatic rings. The van der Waals surface area contributed by atoms with Crippen LogP contribution in [0.5, 0.6) is 5.75 Å². The van der Waals surface area contributed by atoms with Gasteiger partial charge >= 0.3 is 11.8 Å². The lowest BCUT2D eigenvalue weighted by Crippen LogP contribution is -2.41. The molecule has 2 aromatic carbocycles. The molecular weight excluding hydrogens is 420 g/mol. The van der Waals surface area contributed by atoms with Crippen molar-refractivity contribution in [1.82, 2.24) is 10.7 Å². The summed E-state index contributed by atoms with van der Waals surface area (Å²) in [5, 5.41) is 9.60. The van der Waals surface area contributed by atoms with E-state index in [-0.39, 0.29) is 18.6 Å². The second kappa shape index (κ2) is 11.7. The number of anilines is 1. The third kappa shape index (κ3) is 8.10. The minimum Gasteiger partial charge on any atom is -0.484 e. The summed E-state index contributed by atoms with van der Waals surface area (Å²) >= 11 is 5.95. The standard InChI is InChI=1S/C22H25ClN4O4/c1-4-15(3)25-21(29)22(30)27-24-12-16-6-9-18(10-7-16)31-13-20(28)26-19-11-17(23)8-5-14(19)2/h5-12,15H,4,13H2,1-3H3,(H,25,29)(H,26,28)(H,27,30)/b24-12-/t15-/m1/s1. The van der Waals surface area contributed by atoms with Crippen LogP contribution in [0.1, 0.15) is 31.4 Å². The molecule has 0 bridgehead atoms. The predicted molar refractivity (Wildman–Crippen MR) is 120 cm³/mol. The van der Waals surface area contributed by atoms with Gasteiger partial charge in [-0.2, -0.15) is 5.10 Å². The number of ether oxygens (including phenoxy) is 1. The lowest BCUT2D eigenvalue weighted by molar-refractivity contribution is -0.139. The van der Waals surface area contributed by atoms with Gasteiger partial charge < -0.3 is 15.4 Å². The van der Waals surface area contributed by atoms with Crippen LogP contribution >= 0.6 is 11.6 Å². The van der Waals surface area contributed by atoms with E-state index in [2.05, 4.69) is 21.2 Å². The van der Waals surface area contributed by atoms with E-state index < -0.39 is 11.8 Å². The Morgan fingerprint density at radius 3 is 2.52 bits per heavy atom. The van der Waals surface area contributed by atoms with Gasteiger partial charge in [0.2, 0.25) is 0 Å². The molecule has 0 aliphatic heterocycles. The third-order valence-electron chi connectivity index (χ3n) is 4.30. The highest BCUT2D eigenvalue weighted by Gasteiger charge is 2.14. The molecule has 3 N–H and O–H groups in total. The van der Waals surface area contributed by atoms with Gasteiger partial charge in [0.05, 0.1) is 6.21 Å². The Balaban J connectivity index is 1.80. The minimum atomic E-state index is -0.836. The monoisotopic (exact) mass is 444 g/mol. The van der Waals surface area contributed by atoms with Crippen LogP contribution in [0.4, 0.5) is 5.69 Å². The molecule has 2 rings (SSSR count). The van der Waals surface area contributed by atoms with Gasteiger partial charge in [-0.15, -0.1) is 0 Å². The molecule has 3 amide bonds. The summed E-state index contributed by atoms with van der Waals surface area (Å²) < 4.78 is 5.47. The fourth-order valence-electron chi connectivity index (χ4n) is 2.32. The molecule has 0 aliphatic carbocycles. The highest BCUT2D eigenvalue weighted by Crippen LogP contribution is 2.20. The van der Waals surface area contributed by atoms with Gasteiger partial charge in [-0.3, -0.25) is 14.4 Å². The number of hydrogen-bond acceptors (Lipinski definition) is 5. The number of hydrogen-bond donors (Lipinski definition) is 3. The molecule has 31 heavy (non-hydrogen) atoms. The van der Waals surface area contributed by atoms with E-state index in [4.69, 9.17) is 16.3 Å². The Morgan fingerprint density at radius 2 is 1.84 bits per heavy atom. The Kier molecular flexibility index (Phi) is 9.02. The van der Waals surface area contributed by atoms with E-state index in [1.165, 1.54) is 6.21 Å². The number of rotatable bonds is 8. The largest absolute Gasteiger partial charge is 0.484 e. The summed E-state index contributed by atoms with van der Waals surface area (Å²) in [5.41, 5.74) is 4.37. The molecule has 0 saturated heterocycles. The molecule has 0 unspecified atom stereocenters. The highest BCUT2D eigenvalue weighted by molar-refractivity contribution is 6.35. The van der Waals surface area contributed by atoms with Crippen LogP contribution in [0.15, 0.2) is 47.6 Å². The summed E-state index contributed by atoms with van der Waals surface area (Å²) in [6.45, 7) is 5.41. The van der Waals surface area contributed by atoms with Crippen LogP contribution in [0.2, 0.25) is 5.02 Å². The van der Waals surface area contributed by atoms with Crippen molar-refractivity contribution in [2.45, 2.75) is 33.2 Å². The molecule has 0 aliphatic rings. The molecule has 0 spiro atoms. The van der Waals surface area contributed by atoms with Gasteiger partial charge in [0.1, 0.15) is 5.75 Å². The van der Waals surface area contributed by atoms with Gasteiger partial charge in [0.15, 0.2) is 6.61 Å². The second-order valence-electron chi connectivity index (χ2n) is 6.85. The summed E-state index contributed by atoms with van der Waals surface area (Å²) in [7, 11) is 0. The Bertz CT molecular complexity index is 960. The fourth-order valence-corrected chi connectivity index (χ4v) is 2.49. The fraction of sp³-hybridized carbons (Fsp3) is 0.273. The smallest absolute Gasteiger partial charge is 0.329 e. The summed E-state index contributed by atoms with van der Waals surface area (Å²) in [4.78, 5) is 35.4. The van der Waals surface area contributed by atoms with E-state index >= 15 is 0 Å². The molecule has 0 saturated carbocycles. The van der Waals surface area contributed by atoms with Gasteiger partial charge in [-0.25, -0.2) is 5.43 Å². The number of carbonyl (C=O) groups excluding carboxylic acids is 3. The Hall–Kier alpha value is -3.39. The van der Waals surface area contributed by atoms with E-state index in [0.717, 1.165) is 12.0 Å². The van der Waals surface area contributed by atoms with Gasteiger partial charge in [0, 0.05) is 16.8 Å². The summed E-state index contributed by atoms with van der Waals surface area (Å²) in [6.07, 6.45) is 2.12. The van der Waals surface area contributed by atoms with Crippen LogP contribution < -0.4 is 20.8 Å². The van der Waals surface area contributed by atoms with Crippen molar-refractivity contribution in [3.05, 3.63) is 58.6 Å². The number of nitrogens with zero attached hydrogens (tertiary/aromatic N) is 1. The molecule has 8 nitrogen and oxygen atoms in total. The molecule has 0 aromatic heterocycles. The van der Waals surface area contributed by atoms with Gasteiger partial charge in [0.25, 0.3) is 5.91 Å². The van der Waals surface area contributed by atoms with Crippen LogP contribution in [0, 0.1) is 6.92 Å². The maximum atomic E-state index is 12.1. The summed E-state index contributed by atoms with van der Waals surface area (Å²) in [6, 6.07) is 11.9. The first kappa shape index (κ1) is 23.9. The molecule has 1 atom stereocenters. The first-order valence-electron chi connectivity index (χ1n) is 9.71. The molecule has 0 fully saturated rings. The Labute approximate surface area is 186 Å². The first-order chi connectivity index (χ1) is 14.8. The van der Waals surface area contributed by atoms with E-state index in [1.807, 2.05) is 19.9 Å². The van der Waals surface area contributed by atoms with Crippen molar-refractivity contribution in [2.75, 3.05) is 11.9 Å². The molecule has 0 radical (unpaired) electrons. The lowest BCUT2D eigenvalue weighted by atomic mass is 10.2. The van der Waals surface area contributed by atoms with Crippen LogP contribution in [0.3, 0.4) is 0 Å². The number of nitrogens with one attached hydrogen (secondary N) is 3. The van der Waals surface area contributed by atoms with Crippen molar-refractivity contribution in [1.29, 1.82) is 0 Å². The maximum Gasteiger partial charge on any atom is 0.329 e. The van der Waals surface area contributed by atoms with E-state index in [0.29, 0.717) is 22.0 Å². The average Bonchev–Trinajstić information content (AvgIpc) is 2.75. The zero-order valence-corrected chi connectivity index (χ0v) is 18.3. The zero-order chi connectivity index (χ0) is 22.8. The number of amides is 3. The molecule has 9 heteroatoms. The van der Waals surface area contributed by atoms with Gasteiger partial charge in [-0.05, 0) is 67.8 Å². The number of halogens is 1. The number of aryl methyl sites for hydroxylation is 1. The number of benzene rings is 2. The van der Waals surface area contributed by atoms with Crippen LogP contribution in [0.25, 0.3) is 0 Å². The van der Waals surface area contributed by atoms with Crippen LogP contribution in [-0.2, 0) is 14.4 Å². The van der Waals surface area contributed by atoms with Crippen molar-refractivity contribution >= 4 is 41.2 Å². The maximum absolute atomic E-state index is 12.1. The van der Waals surface area contributed by atoms with E-state index in [9.17, 15) is 14.4 Å². The van der Waals surface area contributed by atoms with Crippen molar-refractivity contribution in [3.63, 3.8) is 0 Å². The van der Waals surface area contributed by atoms with Crippen molar-refractivity contribution in [3.8, 4) is 5.75 Å². The first-order valence-corrected chi connectivity index (χ1v) is 10.1. The lowest BCUT2D eigenvalue weighted by Gasteiger charge is -2.10. The molecular formula is C22H25ClN4O4. The quantitative estimate of drug-likeness (QED) is 0.330. The topological polar surface area (TPSA) is 109 Å². The Morgan fingerprint density at radius 1 is 1.13 bits per heavy atom. The van der Waals surface area contributed by atoms with Crippen LogP contribution in [-0.4, -0.2) is 36.6 Å². The predicted octanol–water partition coefficient (Wildman–Crippen LogP) is 3.03. The highest BCUT2D eigenvalue weighted by atomic mass is 35.5. The average molecular weight is 445 g/mol. The number of hydrazone groups is 1. The van der Waals surface area contributed by atoms with E-state index in [1.54, 1.807) is 43.3 Å². The second-order valence-corrected chi connectivity index (χ2v) is 7.28.